The lowest BCUT2D eigenvalue weighted by Crippen LogP contribution is -2.42. The normalized spacial score (nSPS) is 21.4. The Hall–Kier alpha value is -2.78. The average molecular weight is 614 g/mol. The fourth-order valence-corrected chi connectivity index (χ4v) is 6.41. The van der Waals surface area contributed by atoms with Crippen LogP contribution in [0.15, 0.2) is 36.9 Å². The van der Waals surface area contributed by atoms with Gasteiger partial charge in [-0.2, -0.15) is 13.2 Å². The summed E-state index contributed by atoms with van der Waals surface area (Å²) in [7, 11) is -3.31. The number of alkyl halides is 3. The molecule has 1 unspecified atom stereocenters. The SMILES string of the molecule is CC1(O)CCN(Cc2cccc(-n3cnc(-c4nc(NC5CCN(S(C)(=O)=O)CC5)ncc4C(F)(F)F)c3)c2Cl)C1. The Kier molecular flexibility index (Phi) is 8.07. The van der Waals surface area contributed by atoms with E-state index in [0.717, 1.165) is 24.6 Å². The molecule has 0 aliphatic carbocycles. The molecule has 0 spiro atoms. The average Bonchev–Trinajstić information content (AvgIpc) is 3.51. The lowest BCUT2D eigenvalue weighted by Gasteiger charge is -2.30. The molecule has 2 aliphatic heterocycles. The number of aliphatic hydroxyl groups is 1. The first-order valence-electron chi connectivity index (χ1n) is 13.1. The molecule has 2 saturated heterocycles. The zero-order valence-electron chi connectivity index (χ0n) is 22.6. The zero-order chi connectivity index (χ0) is 29.6. The molecule has 4 heterocycles. The predicted octanol–water partition coefficient (Wildman–Crippen LogP) is 3.79. The molecule has 0 amide bonds. The molecule has 2 aliphatic rings. The van der Waals surface area contributed by atoms with Gasteiger partial charge < -0.3 is 15.0 Å². The zero-order valence-corrected chi connectivity index (χ0v) is 24.1. The maximum absolute atomic E-state index is 13.9. The number of sulfonamides is 1. The molecule has 0 radical (unpaired) electrons. The van der Waals surface area contributed by atoms with Gasteiger partial charge in [-0.15, -0.1) is 0 Å². The quantitative estimate of drug-likeness (QED) is 0.414. The lowest BCUT2D eigenvalue weighted by molar-refractivity contribution is -0.137. The van der Waals surface area contributed by atoms with Crippen LogP contribution < -0.4 is 5.32 Å². The van der Waals surface area contributed by atoms with Gasteiger partial charge in [-0.25, -0.2) is 27.7 Å². The standard InChI is InChI=1S/C26H31ClF3N7O3S/c1-25(38)8-11-35(15-25)13-17-4-3-5-21(22(17)27)36-14-20(32-16-36)23-19(26(28,29)30)12-31-24(34-23)33-18-6-9-37(10-7-18)41(2,39)40/h3-5,12,14,16,18,38H,6-11,13,15H2,1-2H3,(H,31,33,34). The van der Waals surface area contributed by atoms with E-state index in [1.54, 1.807) is 17.6 Å². The first kappa shape index (κ1) is 29.7. The number of hydrogen-bond acceptors (Lipinski definition) is 8. The van der Waals surface area contributed by atoms with Crippen molar-refractivity contribution in [1.82, 2.24) is 28.7 Å². The van der Waals surface area contributed by atoms with Crippen LogP contribution in [0.2, 0.25) is 5.02 Å². The van der Waals surface area contributed by atoms with E-state index in [0.29, 0.717) is 56.2 Å². The van der Waals surface area contributed by atoms with Gasteiger partial charge in [0.05, 0.1) is 22.6 Å². The van der Waals surface area contributed by atoms with Gasteiger partial charge in [0, 0.05) is 51.2 Å². The highest BCUT2D eigenvalue weighted by atomic mass is 35.5. The predicted molar refractivity (Wildman–Crippen MR) is 148 cm³/mol. The third-order valence-electron chi connectivity index (χ3n) is 7.44. The van der Waals surface area contributed by atoms with Gasteiger partial charge in [0.15, 0.2) is 0 Å². The number of nitrogens with zero attached hydrogens (tertiary/aromatic N) is 6. The van der Waals surface area contributed by atoms with Gasteiger partial charge in [0.1, 0.15) is 23.3 Å². The molecule has 10 nitrogen and oxygen atoms in total. The number of anilines is 1. The molecule has 15 heteroatoms. The fourth-order valence-electron chi connectivity index (χ4n) is 5.25. The number of nitrogens with one attached hydrogen (secondary N) is 1. The summed E-state index contributed by atoms with van der Waals surface area (Å²) in [4.78, 5) is 14.4. The van der Waals surface area contributed by atoms with Crippen molar-refractivity contribution in [3.05, 3.63) is 53.1 Å². The van der Waals surface area contributed by atoms with Crippen LogP contribution >= 0.6 is 11.6 Å². The minimum Gasteiger partial charge on any atom is -0.389 e. The highest BCUT2D eigenvalue weighted by Crippen LogP contribution is 2.36. The van der Waals surface area contributed by atoms with Crippen LogP contribution in [0, 0.1) is 0 Å². The Morgan fingerprint density at radius 3 is 2.56 bits per heavy atom. The number of piperidine rings is 1. The van der Waals surface area contributed by atoms with Crippen molar-refractivity contribution in [2.75, 3.05) is 37.8 Å². The first-order chi connectivity index (χ1) is 19.2. The van der Waals surface area contributed by atoms with Crippen LogP contribution in [0.25, 0.3) is 17.1 Å². The number of hydrogen-bond donors (Lipinski definition) is 2. The Morgan fingerprint density at radius 1 is 1.20 bits per heavy atom. The van der Waals surface area contributed by atoms with Crippen LogP contribution in [0.1, 0.15) is 37.3 Å². The van der Waals surface area contributed by atoms with Crippen LogP contribution in [0.3, 0.4) is 0 Å². The van der Waals surface area contributed by atoms with E-state index in [9.17, 15) is 26.7 Å². The maximum Gasteiger partial charge on any atom is 0.420 e. The number of halogens is 4. The summed E-state index contributed by atoms with van der Waals surface area (Å²) in [5, 5.41) is 13.8. The van der Waals surface area contributed by atoms with Crippen LogP contribution in [-0.4, -0.2) is 86.3 Å². The maximum atomic E-state index is 13.9. The summed E-state index contributed by atoms with van der Waals surface area (Å²) in [6, 6.07) is 5.24. The van der Waals surface area contributed by atoms with Crippen molar-refractivity contribution in [2.24, 2.45) is 0 Å². The number of β-amino-alcohol motifs (C(OH)–C–C–N with tert-alkyl or cyclic N) is 1. The van der Waals surface area contributed by atoms with E-state index >= 15 is 0 Å². The highest BCUT2D eigenvalue weighted by molar-refractivity contribution is 7.88. The number of imidazole rings is 1. The Labute approximate surface area is 241 Å². The Morgan fingerprint density at radius 2 is 1.93 bits per heavy atom. The second-order valence-electron chi connectivity index (χ2n) is 10.9. The highest BCUT2D eigenvalue weighted by Gasteiger charge is 2.37. The minimum absolute atomic E-state index is 0.00174. The summed E-state index contributed by atoms with van der Waals surface area (Å²) in [5.41, 5.74) is -0.795. The molecule has 0 saturated carbocycles. The molecule has 2 fully saturated rings. The lowest BCUT2D eigenvalue weighted by atomic mass is 10.1. The molecule has 222 valence electrons. The van der Waals surface area contributed by atoms with Gasteiger partial charge in [0.25, 0.3) is 0 Å². The monoisotopic (exact) mass is 613 g/mol. The third-order valence-corrected chi connectivity index (χ3v) is 9.18. The van der Waals surface area contributed by atoms with Gasteiger partial charge in [-0.3, -0.25) is 4.90 Å². The van der Waals surface area contributed by atoms with Crippen molar-refractivity contribution in [3.8, 4) is 17.1 Å². The van der Waals surface area contributed by atoms with Crippen LogP contribution in [0.5, 0.6) is 0 Å². The second-order valence-corrected chi connectivity index (χ2v) is 13.3. The number of aromatic nitrogens is 4. The molecule has 5 rings (SSSR count). The van der Waals surface area contributed by atoms with Gasteiger partial charge in [-0.1, -0.05) is 23.7 Å². The van der Waals surface area contributed by atoms with E-state index in [1.807, 2.05) is 12.1 Å². The first-order valence-corrected chi connectivity index (χ1v) is 15.3. The minimum atomic E-state index is -4.72. The number of likely N-dealkylation sites (tertiary alicyclic amines) is 1. The summed E-state index contributed by atoms with van der Waals surface area (Å²) in [6.45, 7) is 4.15. The molecule has 0 bridgehead atoms. The Balaban J connectivity index is 1.39. The summed E-state index contributed by atoms with van der Waals surface area (Å²) < 4.78 is 68.3. The molecule has 1 aromatic carbocycles. The van der Waals surface area contributed by atoms with Gasteiger partial charge in [0.2, 0.25) is 16.0 Å². The number of rotatable bonds is 7. The van der Waals surface area contributed by atoms with E-state index in [1.165, 1.54) is 16.8 Å². The molecule has 2 aromatic heterocycles. The van der Waals surface area contributed by atoms with Crippen molar-refractivity contribution in [1.29, 1.82) is 0 Å². The second kappa shape index (κ2) is 11.1. The van der Waals surface area contributed by atoms with Crippen molar-refractivity contribution in [2.45, 2.75) is 50.6 Å². The largest absolute Gasteiger partial charge is 0.420 e. The van der Waals surface area contributed by atoms with Crippen LogP contribution in [-0.2, 0) is 22.7 Å². The Bertz CT molecular complexity index is 1520. The van der Waals surface area contributed by atoms with Crippen molar-refractivity contribution in [3.63, 3.8) is 0 Å². The third kappa shape index (κ3) is 6.83. The summed E-state index contributed by atoms with van der Waals surface area (Å²) >= 11 is 6.73. The topological polar surface area (TPSA) is 116 Å². The number of benzene rings is 1. The fraction of sp³-hybridized carbons (Fsp3) is 0.500. The van der Waals surface area contributed by atoms with E-state index in [4.69, 9.17) is 11.6 Å². The summed E-state index contributed by atoms with van der Waals surface area (Å²) in [6.07, 6.45) is 1.58. The van der Waals surface area contributed by atoms with E-state index in [-0.39, 0.29) is 23.4 Å². The van der Waals surface area contributed by atoms with Gasteiger partial charge >= 0.3 is 6.18 Å². The van der Waals surface area contributed by atoms with Crippen molar-refractivity contribution < 1.29 is 26.7 Å². The molecular weight excluding hydrogens is 583 g/mol. The van der Waals surface area contributed by atoms with Crippen LogP contribution in [0.4, 0.5) is 19.1 Å². The van der Waals surface area contributed by atoms with E-state index < -0.39 is 27.4 Å². The van der Waals surface area contributed by atoms with Gasteiger partial charge in [-0.05, 0) is 37.8 Å². The molecular formula is C26H31ClF3N7O3S. The molecule has 2 N–H and O–H groups in total. The smallest absolute Gasteiger partial charge is 0.389 e. The molecule has 3 aromatic rings. The van der Waals surface area contributed by atoms with E-state index in [2.05, 4.69) is 25.2 Å². The summed E-state index contributed by atoms with van der Waals surface area (Å²) in [5.74, 6) is 0.00174. The molecule has 41 heavy (non-hydrogen) atoms. The van der Waals surface area contributed by atoms with Crippen molar-refractivity contribution >= 4 is 27.6 Å². The molecule has 1 atom stereocenters.